The molecule has 1 aliphatic rings. The molecule has 3 heteroatoms. The Morgan fingerprint density at radius 2 is 2.12 bits per heavy atom. The normalized spacial score (nSPS) is 22.4. The summed E-state index contributed by atoms with van der Waals surface area (Å²) in [6, 6.07) is 8.90. The standard InChI is InChI=1S/C13H19BrN2/c1-2-13(15)10-7-8-16(9-10)12-5-3-11(14)4-6-12/h3-6,10,13H,2,7-9,15H2,1H3. The molecule has 0 amide bonds. The fourth-order valence-corrected chi connectivity index (χ4v) is 2.62. The van der Waals surface area contributed by atoms with Crippen LogP contribution in [0.3, 0.4) is 0 Å². The maximum absolute atomic E-state index is 6.11. The van der Waals surface area contributed by atoms with E-state index in [-0.39, 0.29) is 0 Å². The summed E-state index contributed by atoms with van der Waals surface area (Å²) in [5, 5.41) is 0. The lowest BCUT2D eigenvalue weighted by Crippen LogP contribution is -2.31. The summed E-state index contributed by atoms with van der Waals surface area (Å²) in [6.07, 6.45) is 2.31. The van der Waals surface area contributed by atoms with E-state index >= 15 is 0 Å². The molecule has 1 heterocycles. The van der Waals surface area contributed by atoms with E-state index in [9.17, 15) is 0 Å². The van der Waals surface area contributed by atoms with Gasteiger partial charge in [0.2, 0.25) is 0 Å². The molecule has 1 aromatic rings. The zero-order valence-corrected chi connectivity index (χ0v) is 11.3. The van der Waals surface area contributed by atoms with Gasteiger partial charge in [-0.3, -0.25) is 0 Å². The van der Waals surface area contributed by atoms with Gasteiger partial charge in [0, 0.05) is 29.3 Å². The van der Waals surface area contributed by atoms with Crippen LogP contribution in [0.25, 0.3) is 0 Å². The first-order valence-electron chi connectivity index (χ1n) is 5.96. The van der Waals surface area contributed by atoms with Crippen molar-refractivity contribution >= 4 is 21.6 Å². The molecule has 0 radical (unpaired) electrons. The van der Waals surface area contributed by atoms with Crippen molar-refractivity contribution in [1.82, 2.24) is 0 Å². The van der Waals surface area contributed by atoms with Gasteiger partial charge < -0.3 is 10.6 Å². The van der Waals surface area contributed by atoms with Crippen LogP contribution in [-0.2, 0) is 0 Å². The number of rotatable bonds is 3. The summed E-state index contributed by atoms with van der Waals surface area (Å²) in [4.78, 5) is 2.44. The number of hydrogen-bond acceptors (Lipinski definition) is 2. The van der Waals surface area contributed by atoms with E-state index in [1.807, 2.05) is 0 Å². The minimum atomic E-state index is 0.362. The smallest absolute Gasteiger partial charge is 0.0367 e. The van der Waals surface area contributed by atoms with Crippen LogP contribution < -0.4 is 10.6 Å². The Morgan fingerprint density at radius 3 is 2.75 bits per heavy atom. The second-order valence-electron chi connectivity index (χ2n) is 4.54. The molecule has 2 nitrogen and oxygen atoms in total. The van der Waals surface area contributed by atoms with Crippen molar-refractivity contribution in [1.29, 1.82) is 0 Å². The van der Waals surface area contributed by atoms with E-state index in [2.05, 4.69) is 52.0 Å². The Kier molecular flexibility index (Phi) is 3.87. The van der Waals surface area contributed by atoms with E-state index in [0.29, 0.717) is 12.0 Å². The second-order valence-corrected chi connectivity index (χ2v) is 5.46. The highest BCUT2D eigenvalue weighted by Crippen LogP contribution is 2.26. The van der Waals surface area contributed by atoms with Crippen LogP contribution in [0.4, 0.5) is 5.69 Å². The third-order valence-corrected chi connectivity index (χ3v) is 4.02. The van der Waals surface area contributed by atoms with Crippen molar-refractivity contribution in [2.75, 3.05) is 18.0 Å². The van der Waals surface area contributed by atoms with Gasteiger partial charge >= 0.3 is 0 Å². The molecule has 1 saturated heterocycles. The number of anilines is 1. The SMILES string of the molecule is CCC(N)C1CCN(c2ccc(Br)cc2)C1. The molecule has 0 saturated carbocycles. The summed E-state index contributed by atoms with van der Waals surface area (Å²) in [5.74, 6) is 0.661. The van der Waals surface area contributed by atoms with Crippen molar-refractivity contribution in [3.8, 4) is 0 Å². The van der Waals surface area contributed by atoms with E-state index in [0.717, 1.165) is 24.0 Å². The van der Waals surface area contributed by atoms with Gasteiger partial charge in [0.1, 0.15) is 0 Å². The van der Waals surface area contributed by atoms with E-state index < -0.39 is 0 Å². The molecule has 16 heavy (non-hydrogen) atoms. The summed E-state index contributed by atoms with van der Waals surface area (Å²) < 4.78 is 1.14. The summed E-state index contributed by atoms with van der Waals surface area (Å²) in [5.41, 5.74) is 7.42. The highest BCUT2D eigenvalue weighted by molar-refractivity contribution is 9.10. The molecule has 1 fully saturated rings. The molecule has 0 spiro atoms. The molecule has 1 aromatic carbocycles. The second kappa shape index (κ2) is 5.19. The predicted octanol–water partition coefficient (Wildman–Crippen LogP) is 3.01. The van der Waals surface area contributed by atoms with Crippen LogP contribution >= 0.6 is 15.9 Å². The lowest BCUT2D eigenvalue weighted by atomic mass is 9.98. The Balaban J connectivity index is 2.00. The van der Waals surface area contributed by atoms with Gasteiger partial charge in [-0.2, -0.15) is 0 Å². The van der Waals surface area contributed by atoms with Gasteiger partial charge in [-0.15, -0.1) is 0 Å². The number of nitrogens with zero attached hydrogens (tertiary/aromatic N) is 1. The number of hydrogen-bond donors (Lipinski definition) is 1. The van der Waals surface area contributed by atoms with Crippen LogP contribution in [0, 0.1) is 5.92 Å². The molecule has 88 valence electrons. The molecule has 2 rings (SSSR count). The van der Waals surface area contributed by atoms with Crippen molar-refractivity contribution in [3.05, 3.63) is 28.7 Å². The first kappa shape index (κ1) is 11.9. The molecule has 0 aliphatic carbocycles. The van der Waals surface area contributed by atoms with Crippen molar-refractivity contribution < 1.29 is 0 Å². The monoisotopic (exact) mass is 282 g/mol. The zero-order chi connectivity index (χ0) is 11.5. The maximum atomic E-state index is 6.11. The zero-order valence-electron chi connectivity index (χ0n) is 9.70. The minimum absolute atomic E-state index is 0.362. The van der Waals surface area contributed by atoms with Crippen LogP contribution in [0.15, 0.2) is 28.7 Å². The van der Waals surface area contributed by atoms with Gasteiger partial charge in [0.05, 0.1) is 0 Å². The third-order valence-electron chi connectivity index (χ3n) is 3.49. The van der Waals surface area contributed by atoms with Gasteiger partial charge in [0.25, 0.3) is 0 Å². The van der Waals surface area contributed by atoms with Gasteiger partial charge in [-0.1, -0.05) is 22.9 Å². The molecule has 0 aromatic heterocycles. The Bertz CT molecular complexity index is 336. The summed E-state index contributed by atoms with van der Waals surface area (Å²) >= 11 is 3.46. The summed E-state index contributed by atoms with van der Waals surface area (Å²) in [6.45, 7) is 4.42. The predicted molar refractivity (Wildman–Crippen MR) is 72.7 cm³/mol. The van der Waals surface area contributed by atoms with Gasteiger partial charge in [-0.25, -0.2) is 0 Å². The lowest BCUT2D eigenvalue weighted by Gasteiger charge is -2.21. The molecular formula is C13H19BrN2. The number of benzene rings is 1. The highest BCUT2D eigenvalue weighted by atomic mass is 79.9. The molecule has 0 bridgehead atoms. The fraction of sp³-hybridized carbons (Fsp3) is 0.538. The Morgan fingerprint density at radius 1 is 1.44 bits per heavy atom. The molecule has 2 N–H and O–H groups in total. The first-order chi connectivity index (χ1) is 7.70. The quantitative estimate of drug-likeness (QED) is 0.924. The van der Waals surface area contributed by atoms with Crippen LogP contribution in [-0.4, -0.2) is 19.1 Å². The lowest BCUT2D eigenvalue weighted by molar-refractivity contribution is 0.447. The fourth-order valence-electron chi connectivity index (χ4n) is 2.36. The third kappa shape index (κ3) is 2.58. The summed E-state index contributed by atoms with van der Waals surface area (Å²) in [7, 11) is 0. The molecule has 1 aliphatic heterocycles. The number of nitrogens with two attached hydrogens (primary N) is 1. The van der Waals surface area contributed by atoms with Crippen LogP contribution in [0.2, 0.25) is 0 Å². The van der Waals surface area contributed by atoms with E-state index in [4.69, 9.17) is 5.73 Å². The van der Waals surface area contributed by atoms with Gasteiger partial charge in [0.15, 0.2) is 0 Å². The van der Waals surface area contributed by atoms with E-state index in [1.165, 1.54) is 12.1 Å². The van der Waals surface area contributed by atoms with Gasteiger partial charge in [-0.05, 0) is 43.0 Å². The van der Waals surface area contributed by atoms with Crippen molar-refractivity contribution in [2.24, 2.45) is 11.7 Å². The molecule has 2 unspecified atom stereocenters. The topological polar surface area (TPSA) is 29.3 Å². The largest absolute Gasteiger partial charge is 0.371 e. The van der Waals surface area contributed by atoms with Crippen molar-refractivity contribution in [3.63, 3.8) is 0 Å². The Labute approximate surface area is 106 Å². The average Bonchev–Trinajstić information content (AvgIpc) is 2.78. The van der Waals surface area contributed by atoms with Crippen LogP contribution in [0.5, 0.6) is 0 Å². The van der Waals surface area contributed by atoms with Crippen LogP contribution in [0.1, 0.15) is 19.8 Å². The van der Waals surface area contributed by atoms with E-state index in [1.54, 1.807) is 0 Å². The van der Waals surface area contributed by atoms with Crippen molar-refractivity contribution in [2.45, 2.75) is 25.8 Å². The highest BCUT2D eigenvalue weighted by Gasteiger charge is 2.26. The molecule has 2 atom stereocenters. The first-order valence-corrected chi connectivity index (χ1v) is 6.76. The number of halogens is 1. The maximum Gasteiger partial charge on any atom is 0.0367 e. The minimum Gasteiger partial charge on any atom is -0.371 e. The Hall–Kier alpha value is -0.540. The molecular weight excluding hydrogens is 264 g/mol. The average molecular weight is 283 g/mol.